The summed E-state index contributed by atoms with van der Waals surface area (Å²) in [5, 5.41) is 15.8. The van der Waals surface area contributed by atoms with Crippen molar-refractivity contribution in [2.75, 3.05) is 0 Å². The van der Waals surface area contributed by atoms with Crippen molar-refractivity contribution in [1.29, 1.82) is 0 Å². The van der Waals surface area contributed by atoms with Crippen LogP contribution in [0.5, 0.6) is 0 Å². The fourth-order valence-electron chi connectivity index (χ4n) is 12.6. The average Bonchev–Trinajstić information content (AvgIpc) is 1.68. The summed E-state index contributed by atoms with van der Waals surface area (Å²) in [5.41, 5.74) is 19.0. The molecule has 0 unspecified atom stereocenters. The van der Waals surface area contributed by atoms with Gasteiger partial charge >= 0.3 is 0 Å². The maximum absolute atomic E-state index is 7.57. The Morgan fingerprint density at radius 2 is 0.670 bits per heavy atom. The molecule has 15 heterocycles. The number of para-hydroxylation sites is 3. The number of hydrogen-bond donors (Lipinski definition) is 0. The molecule has 2 radical (unpaired) electrons. The Kier molecular flexibility index (Phi) is 26.5. The van der Waals surface area contributed by atoms with Gasteiger partial charge in [0, 0.05) is 217 Å². The Morgan fingerprint density at radius 1 is 0.320 bits per heavy atom. The van der Waals surface area contributed by atoms with Gasteiger partial charge in [0.05, 0.1) is 72.4 Å². The molecule has 3 aromatic carbocycles. The van der Waals surface area contributed by atoms with E-state index in [0.717, 1.165) is 124 Å². The van der Waals surface area contributed by atoms with Crippen molar-refractivity contribution in [2.24, 2.45) is 4.99 Å². The Bertz CT molecular complexity index is 4540. The second-order valence-corrected chi connectivity index (χ2v) is 21.7. The SMILES string of the molecule is CCn1c2ccccc2c2cncnc21.CCn1c2ccccc2c2nccnc21.CCn1c2ccccc2c2ncncc21.CCn1c2cccnc2c2ncccc21.CCn1c2ccncc2c2cnccc21.CCn1c2ccncc2c2ncccc21.[CH-]=CC=[N-].[CH-]=CN=[CH-].[Y].[Y]. The third-order valence-corrected chi connectivity index (χ3v) is 16.6. The molecular formula is C78H72N20Y2-4. The number of hydrogen-bond acceptors (Lipinski definition) is 13. The molecule has 0 amide bonds. The number of benzene rings is 3. The fourth-order valence-corrected chi connectivity index (χ4v) is 12.6. The van der Waals surface area contributed by atoms with Crippen molar-refractivity contribution in [3.63, 3.8) is 0 Å². The molecule has 0 aliphatic rings. The van der Waals surface area contributed by atoms with Gasteiger partial charge in [0.15, 0.2) is 5.65 Å². The van der Waals surface area contributed by atoms with E-state index in [2.05, 4.69) is 239 Å². The van der Waals surface area contributed by atoms with Crippen LogP contribution in [-0.4, -0.2) is 100 Å². The van der Waals surface area contributed by atoms with Crippen LogP contribution in [-0.2, 0) is 105 Å². The van der Waals surface area contributed by atoms with E-state index < -0.39 is 0 Å². The molecule has 18 rings (SSSR count). The van der Waals surface area contributed by atoms with E-state index in [1.807, 2.05) is 111 Å². The largest absolute Gasteiger partial charge is 0.911 e. The summed E-state index contributed by atoms with van der Waals surface area (Å²) in [6, 6.07) is 43.3. The quantitative estimate of drug-likeness (QED) is 0.102. The maximum Gasteiger partial charge on any atom is 0.159 e. The number of pyridine rings is 6. The van der Waals surface area contributed by atoms with Gasteiger partial charge in [-0.15, -0.1) is 0 Å². The number of fused-ring (bicyclic) bond motifs is 18. The van der Waals surface area contributed by atoms with Gasteiger partial charge in [-0.2, -0.15) is 6.72 Å². The monoisotopic (exact) mass is 1470 g/mol. The molecule has 0 aliphatic heterocycles. The van der Waals surface area contributed by atoms with E-state index in [0.29, 0.717) is 0 Å². The summed E-state index contributed by atoms with van der Waals surface area (Å²) in [4.78, 5) is 54.2. The molecule has 0 fully saturated rings. The predicted molar refractivity (Wildman–Crippen MR) is 400 cm³/mol. The van der Waals surface area contributed by atoms with Crippen LogP contribution < -0.4 is 0 Å². The minimum Gasteiger partial charge on any atom is -0.911 e. The van der Waals surface area contributed by atoms with E-state index in [4.69, 9.17) is 5.41 Å². The summed E-state index contributed by atoms with van der Waals surface area (Å²) >= 11 is 0. The van der Waals surface area contributed by atoms with Crippen LogP contribution in [0, 0.1) is 13.2 Å². The normalized spacial score (nSPS) is 10.5. The van der Waals surface area contributed by atoms with Crippen LogP contribution >= 0.6 is 0 Å². The molecule has 0 bridgehead atoms. The molecule has 15 aromatic heterocycles. The van der Waals surface area contributed by atoms with E-state index in [1.54, 1.807) is 25.0 Å². The van der Waals surface area contributed by atoms with Crippen LogP contribution in [0.3, 0.4) is 0 Å². The smallest absolute Gasteiger partial charge is 0.159 e. The molecule has 0 atom stereocenters. The zero-order valence-corrected chi connectivity index (χ0v) is 62.3. The second kappa shape index (κ2) is 35.9. The zero-order chi connectivity index (χ0) is 68.3. The van der Waals surface area contributed by atoms with E-state index in [9.17, 15) is 0 Å². The van der Waals surface area contributed by atoms with Crippen molar-refractivity contribution in [3.05, 3.63) is 251 Å². The van der Waals surface area contributed by atoms with Gasteiger partial charge in [-0.1, -0.05) is 54.6 Å². The Hall–Kier alpha value is -10.4. The first kappa shape index (κ1) is 73.9. The summed E-state index contributed by atoms with van der Waals surface area (Å²) < 4.78 is 13.4. The molecule has 0 N–H and O–H groups in total. The third-order valence-electron chi connectivity index (χ3n) is 16.6. The Morgan fingerprint density at radius 3 is 1.20 bits per heavy atom. The van der Waals surface area contributed by atoms with Crippen LogP contribution in [0.4, 0.5) is 0 Å². The molecule has 18 aromatic rings. The van der Waals surface area contributed by atoms with Crippen molar-refractivity contribution in [1.82, 2.24) is 87.2 Å². The van der Waals surface area contributed by atoms with Crippen molar-refractivity contribution in [2.45, 2.75) is 80.8 Å². The van der Waals surface area contributed by atoms with Crippen LogP contribution in [0.2, 0.25) is 0 Å². The Balaban J connectivity index is 0.000000136. The van der Waals surface area contributed by atoms with Gasteiger partial charge in [-0.25, -0.2) is 24.9 Å². The Labute approximate surface area is 629 Å². The predicted octanol–water partition coefficient (Wildman–Crippen LogP) is 16.7. The topological polar surface area (TPSA) is 219 Å². The summed E-state index contributed by atoms with van der Waals surface area (Å²) in [7, 11) is 0. The summed E-state index contributed by atoms with van der Waals surface area (Å²) in [5.74, 6) is 0. The molecular weight excluding hydrogens is 1390 g/mol. The zero-order valence-electron chi connectivity index (χ0n) is 56.6. The van der Waals surface area contributed by atoms with Crippen molar-refractivity contribution in [3.8, 4) is 0 Å². The first-order valence-corrected chi connectivity index (χ1v) is 32.3. The van der Waals surface area contributed by atoms with E-state index >= 15 is 0 Å². The number of aliphatic imine (C=N–C) groups is 1. The standard InChI is InChI=1S/6C12H11N3.2C3H3N.2Y/c1-2-15-11-3-5-13-7-9(11)10-8-14-6-4-12(10)15;1-2-15-9-5-3-7-13-11(9)12-10(15)6-4-8-14-12;1-2-15-10-5-7-13-8-9(10)12-11(15)4-3-6-14-12;1-2-15-11-6-4-3-5-9(11)10-7-13-8-14-12(10)15;1-2-15-10-6-4-3-5-9(10)12-11(15)7-13-8-14-12;1-2-15-10-6-4-3-5-9(10)11-12(15)14-8-7-13-11;1-3-4-2;1-2-3-4;;/h6*3-8H,2H2,1H3;2*1-3H;;/q;;;;;;2*-2;;. The molecule has 20 nitrogen and oxygen atoms in total. The molecule has 0 saturated heterocycles. The average molecular weight is 1470 g/mol. The number of rotatable bonds is 8. The minimum atomic E-state index is 0. The van der Waals surface area contributed by atoms with Gasteiger partial charge in [0.25, 0.3) is 0 Å². The number of nitrogens with zero attached hydrogens (tertiary/aromatic N) is 20. The third kappa shape index (κ3) is 15.3. The number of aryl methyl sites for hydroxylation is 6. The second-order valence-electron chi connectivity index (χ2n) is 21.7. The summed E-state index contributed by atoms with van der Waals surface area (Å²) in [6.45, 7) is 32.2. The van der Waals surface area contributed by atoms with Crippen molar-refractivity contribution >= 4 is 145 Å². The van der Waals surface area contributed by atoms with Crippen LogP contribution in [0.1, 0.15) is 41.5 Å². The number of allylic oxidation sites excluding steroid dienone is 1. The first-order chi connectivity index (χ1) is 48.3. The molecule has 0 aliphatic carbocycles. The molecule has 0 saturated carbocycles. The fraction of sp³-hybridized carbons (Fsp3) is 0.154. The van der Waals surface area contributed by atoms with Crippen LogP contribution in [0.25, 0.3) is 137 Å². The van der Waals surface area contributed by atoms with E-state index in [1.165, 1.54) is 65.5 Å². The molecule has 100 heavy (non-hydrogen) atoms. The minimum absolute atomic E-state index is 0. The molecule has 0 spiro atoms. The molecule has 22 heteroatoms. The van der Waals surface area contributed by atoms with Crippen molar-refractivity contribution < 1.29 is 65.4 Å². The number of aromatic nitrogens is 18. The van der Waals surface area contributed by atoms with E-state index in [-0.39, 0.29) is 65.4 Å². The summed E-state index contributed by atoms with van der Waals surface area (Å²) in [6.07, 6.45) is 30.0. The van der Waals surface area contributed by atoms with Gasteiger partial charge in [0.1, 0.15) is 34.9 Å². The van der Waals surface area contributed by atoms with Crippen LogP contribution in [0.15, 0.2) is 238 Å². The van der Waals surface area contributed by atoms with Gasteiger partial charge in [-0.3, -0.25) is 47.5 Å². The van der Waals surface area contributed by atoms with Gasteiger partial charge in [0.2, 0.25) is 0 Å². The first-order valence-electron chi connectivity index (χ1n) is 32.3. The van der Waals surface area contributed by atoms with Gasteiger partial charge < -0.3 is 56.8 Å². The molecule has 494 valence electrons. The maximum atomic E-state index is 7.57. The van der Waals surface area contributed by atoms with Gasteiger partial charge in [-0.05, 0) is 114 Å².